The van der Waals surface area contributed by atoms with Crippen molar-refractivity contribution in [3.05, 3.63) is 12.7 Å². The number of alkyl halides is 1. The van der Waals surface area contributed by atoms with Crippen LogP contribution < -0.4 is 10.6 Å². The van der Waals surface area contributed by atoms with Crippen molar-refractivity contribution in [1.82, 2.24) is 10.6 Å². The van der Waals surface area contributed by atoms with Crippen molar-refractivity contribution in [3.8, 4) is 0 Å². The van der Waals surface area contributed by atoms with E-state index >= 15 is 0 Å². The van der Waals surface area contributed by atoms with Gasteiger partial charge in [-0.25, -0.2) is 0 Å². The maximum absolute atomic E-state index is 12.5. The van der Waals surface area contributed by atoms with Crippen molar-refractivity contribution in [2.75, 3.05) is 6.54 Å². The first-order valence-electron chi connectivity index (χ1n) is 8.60. The number of carbonyl (C=O) groups excluding carboxylic acids is 2. The lowest BCUT2D eigenvalue weighted by molar-refractivity contribution is -0.122. The number of rotatable bonds is 9. The summed E-state index contributed by atoms with van der Waals surface area (Å²) in [5.74, 6) is 1.19. The Balaban J connectivity index is 2.78. The molecule has 2 N–H and O–H groups in total. The van der Waals surface area contributed by atoms with Gasteiger partial charge in [0.2, 0.25) is 11.8 Å². The average molecular weight is 434 g/mol. The van der Waals surface area contributed by atoms with Gasteiger partial charge in [0.25, 0.3) is 0 Å². The Bertz CT molecular complexity index is 423. The zero-order valence-corrected chi connectivity index (χ0v) is 16.9. The molecule has 0 saturated carbocycles. The highest BCUT2D eigenvalue weighted by molar-refractivity contribution is 14.1. The van der Waals surface area contributed by atoms with Crippen LogP contribution in [-0.2, 0) is 9.59 Å². The molecule has 4 atom stereocenters. The minimum Gasteiger partial charge on any atom is -0.356 e. The molecule has 4 nitrogen and oxygen atoms in total. The molecule has 1 rings (SSSR count). The van der Waals surface area contributed by atoms with Crippen LogP contribution in [0.3, 0.4) is 0 Å². The van der Waals surface area contributed by atoms with Gasteiger partial charge in [0.15, 0.2) is 0 Å². The molecule has 0 unspecified atom stereocenters. The minimum absolute atomic E-state index is 0.0393. The van der Waals surface area contributed by atoms with E-state index in [1.807, 2.05) is 6.08 Å². The van der Waals surface area contributed by atoms with Crippen molar-refractivity contribution < 1.29 is 9.59 Å². The smallest absolute Gasteiger partial charge is 0.233 e. The topological polar surface area (TPSA) is 58.2 Å². The number of carbonyl (C=O) groups is 2. The van der Waals surface area contributed by atoms with Gasteiger partial charge in [-0.3, -0.25) is 9.59 Å². The lowest BCUT2D eigenvalue weighted by Crippen LogP contribution is -2.45. The van der Waals surface area contributed by atoms with Gasteiger partial charge in [0.05, 0.1) is 3.92 Å². The van der Waals surface area contributed by atoms with Crippen LogP contribution in [0.2, 0.25) is 0 Å². The molecule has 1 aliphatic heterocycles. The molecule has 1 heterocycles. The summed E-state index contributed by atoms with van der Waals surface area (Å²) >= 11 is 2.21. The fourth-order valence-electron chi connectivity index (χ4n) is 3.04. The van der Waals surface area contributed by atoms with E-state index in [0.717, 1.165) is 25.8 Å². The van der Waals surface area contributed by atoms with Gasteiger partial charge in [-0.1, -0.05) is 56.4 Å². The largest absolute Gasteiger partial charge is 0.356 e. The second kappa shape index (κ2) is 9.64. The van der Waals surface area contributed by atoms with E-state index in [2.05, 4.69) is 67.5 Å². The maximum Gasteiger partial charge on any atom is 0.233 e. The van der Waals surface area contributed by atoms with Crippen LogP contribution >= 0.6 is 22.6 Å². The third-order valence-corrected chi connectivity index (χ3v) is 6.43. The third kappa shape index (κ3) is 6.43. The summed E-state index contributed by atoms with van der Waals surface area (Å²) in [6.07, 6.45) is 4.46. The van der Waals surface area contributed by atoms with Gasteiger partial charge in [-0.05, 0) is 37.0 Å². The van der Waals surface area contributed by atoms with Crippen LogP contribution in [0, 0.1) is 23.7 Å². The second-order valence-electron chi connectivity index (χ2n) is 7.30. The quantitative estimate of drug-likeness (QED) is 0.333. The molecule has 0 aliphatic carbocycles. The van der Waals surface area contributed by atoms with Gasteiger partial charge in [0, 0.05) is 18.5 Å². The van der Waals surface area contributed by atoms with Gasteiger partial charge in [-0.15, -0.1) is 6.58 Å². The zero-order valence-electron chi connectivity index (χ0n) is 14.8. The lowest BCUT2D eigenvalue weighted by Gasteiger charge is -2.30. The van der Waals surface area contributed by atoms with Gasteiger partial charge in [0.1, 0.15) is 0 Å². The number of nitrogens with one attached hydrogen (secondary N) is 2. The second-order valence-corrected chi connectivity index (χ2v) is 8.64. The first-order valence-corrected chi connectivity index (χ1v) is 9.85. The van der Waals surface area contributed by atoms with Crippen molar-refractivity contribution in [2.24, 2.45) is 23.7 Å². The summed E-state index contributed by atoms with van der Waals surface area (Å²) in [4.78, 5) is 24.3. The Morgan fingerprint density at radius 1 is 1.43 bits per heavy atom. The van der Waals surface area contributed by atoms with Crippen LogP contribution in [-0.4, -0.2) is 28.3 Å². The molecule has 1 aliphatic rings. The monoisotopic (exact) mass is 434 g/mol. The molecule has 1 saturated heterocycles. The van der Waals surface area contributed by atoms with E-state index in [1.165, 1.54) is 0 Å². The third-order valence-electron chi connectivity index (χ3n) is 4.43. The van der Waals surface area contributed by atoms with Crippen LogP contribution in [0.5, 0.6) is 0 Å². The highest BCUT2D eigenvalue weighted by atomic mass is 127. The minimum atomic E-state index is -0.0393. The summed E-state index contributed by atoms with van der Waals surface area (Å²) in [6.45, 7) is 13.2. The molecule has 0 aromatic rings. The molecular weight excluding hydrogens is 403 g/mol. The molecule has 5 heteroatoms. The van der Waals surface area contributed by atoms with E-state index in [4.69, 9.17) is 0 Å². The first-order chi connectivity index (χ1) is 10.8. The number of hydrogen-bond donors (Lipinski definition) is 2. The van der Waals surface area contributed by atoms with Crippen molar-refractivity contribution in [3.63, 3.8) is 0 Å². The number of amides is 2. The summed E-state index contributed by atoms with van der Waals surface area (Å²) < 4.78 is -0.0393. The zero-order chi connectivity index (χ0) is 17.6. The molecular formula is C18H31IN2O2. The highest BCUT2D eigenvalue weighted by Gasteiger charge is 2.31. The van der Waals surface area contributed by atoms with Crippen molar-refractivity contribution in [2.45, 2.75) is 56.9 Å². The number of hydrogen-bond acceptors (Lipinski definition) is 2. The predicted molar refractivity (Wildman–Crippen MR) is 103 cm³/mol. The maximum atomic E-state index is 12.5. The SMILES string of the molecule is C=C[C@H](C[C@@H]1CCNC1=O)[C@H](CC(C)C)NC(=O)[C@@H](I)C(C)C. The van der Waals surface area contributed by atoms with E-state index in [1.54, 1.807) is 0 Å². The summed E-state index contributed by atoms with van der Waals surface area (Å²) in [7, 11) is 0. The van der Waals surface area contributed by atoms with Gasteiger partial charge >= 0.3 is 0 Å². The van der Waals surface area contributed by atoms with E-state index in [-0.39, 0.29) is 33.6 Å². The summed E-state index contributed by atoms with van der Waals surface area (Å²) in [5.41, 5.74) is 0. The van der Waals surface area contributed by atoms with Crippen LogP contribution in [0.1, 0.15) is 47.0 Å². The van der Waals surface area contributed by atoms with Crippen LogP contribution in [0.15, 0.2) is 12.7 Å². The molecule has 132 valence electrons. The lowest BCUT2D eigenvalue weighted by atomic mass is 9.84. The van der Waals surface area contributed by atoms with E-state index < -0.39 is 0 Å². The van der Waals surface area contributed by atoms with Crippen molar-refractivity contribution in [1.29, 1.82) is 0 Å². The van der Waals surface area contributed by atoms with E-state index in [0.29, 0.717) is 11.8 Å². The Morgan fingerprint density at radius 2 is 2.09 bits per heavy atom. The molecule has 23 heavy (non-hydrogen) atoms. The van der Waals surface area contributed by atoms with Gasteiger partial charge < -0.3 is 10.6 Å². The Hall–Kier alpha value is -0.590. The Morgan fingerprint density at radius 3 is 2.52 bits per heavy atom. The van der Waals surface area contributed by atoms with E-state index in [9.17, 15) is 9.59 Å². The fraction of sp³-hybridized carbons (Fsp3) is 0.778. The predicted octanol–water partition coefficient (Wildman–Crippen LogP) is 3.31. The molecule has 0 bridgehead atoms. The summed E-state index contributed by atoms with van der Waals surface area (Å²) in [6, 6.07) is 0.0458. The Labute approximate surface area is 154 Å². The molecule has 2 amide bonds. The molecule has 0 aromatic heterocycles. The van der Waals surface area contributed by atoms with Gasteiger partial charge in [-0.2, -0.15) is 0 Å². The van der Waals surface area contributed by atoms with Crippen molar-refractivity contribution >= 4 is 34.4 Å². The first kappa shape index (κ1) is 20.5. The molecule has 0 radical (unpaired) electrons. The molecule has 0 spiro atoms. The summed E-state index contributed by atoms with van der Waals surface area (Å²) in [5, 5.41) is 6.11. The number of halogens is 1. The fourth-order valence-corrected chi connectivity index (χ4v) is 3.22. The molecule has 1 fully saturated rings. The van der Waals surface area contributed by atoms with Crippen LogP contribution in [0.4, 0.5) is 0 Å². The highest BCUT2D eigenvalue weighted by Crippen LogP contribution is 2.26. The normalized spacial score (nSPS) is 21.9. The van der Waals surface area contributed by atoms with Crippen LogP contribution in [0.25, 0.3) is 0 Å². The standard InChI is InChI=1S/C18H31IN2O2/c1-6-13(10-14-7-8-20-17(14)22)15(9-11(2)3)21-18(23)16(19)12(4)5/h6,11-16H,1,7-10H2,2-5H3,(H,20,22)(H,21,23)/t13-,14+,15+,16+/m1/s1. The average Bonchev–Trinajstić information content (AvgIpc) is 2.87. The Kier molecular flexibility index (Phi) is 8.58. The molecule has 0 aromatic carbocycles.